The van der Waals surface area contributed by atoms with Crippen molar-refractivity contribution in [1.82, 2.24) is 0 Å². The van der Waals surface area contributed by atoms with E-state index in [0.717, 1.165) is 0 Å². The standard InChI is InChI=1S/C7H12O4Si/c1-5(8)10-4-7(12-3)11-6(2)9/h4H,12H2,1-3H3. The molecule has 0 unspecified atom stereocenters. The van der Waals surface area contributed by atoms with Gasteiger partial charge in [-0.2, -0.15) is 0 Å². The number of ether oxygens (including phenoxy) is 2. The molecule has 0 aliphatic rings. The Kier molecular flexibility index (Phi) is 5.03. The van der Waals surface area contributed by atoms with E-state index in [2.05, 4.69) is 4.74 Å². The first-order valence-electron chi connectivity index (χ1n) is 3.61. The molecule has 0 aliphatic heterocycles. The van der Waals surface area contributed by atoms with Gasteiger partial charge in [-0.1, -0.05) is 6.55 Å². The third-order valence-corrected chi connectivity index (χ3v) is 1.99. The Labute approximate surface area is 73.4 Å². The molecule has 68 valence electrons. The first kappa shape index (κ1) is 10.9. The maximum Gasteiger partial charge on any atom is 0.307 e. The van der Waals surface area contributed by atoms with Crippen molar-refractivity contribution in [3.05, 3.63) is 11.6 Å². The number of rotatable bonds is 3. The lowest BCUT2D eigenvalue weighted by Gasteiger charge is -2.02. The molecule has 0 radical (unpaired) electrons. The molecule has 0 N–H and O–H groups in total. The third-order valence-electron chi connectivity index (χ3n) is 0.980. The molecule has 12 heavy (non-hydrogen) atoms. The summed E-state index contributed by atoms with van der Waals surface area (Å²) in [7, 11) is -0.617. The van der Waals surface area contributed by atoms with Crippen molar-refractivity contribution in [1.29, 1.82) is 0 Å². The number of hydrogen-bond acceptors (Lipinski definition) is 4. The Morgan fingerprint density at radius 3 is 2.17 bits per heavy atom. The van der Waals surface area contributed by atoms with E-state index in [0.29, 0.717) is 5.38 Å². The molecular formula is C7H12O4Si. The van der Waals surface area contributed by atoms with Gasteiger partial charge in [0.05, 0.1) is 0 Å². The predicted molar refractivity (Wildman–Crippen MR) is 46.0 cm³/mol. The van der Waals surface area contributed by atoms with E-state index in [1.807, 2.05) is 6.55 Å². The van der Waals surface area contributed by atoms with Crippen molar-refractivity contribution in [2.75, 3.05) is 0 Å². The van der Waals surface area contributed by atoms with Gasteiger partial charge in [0.25, 0.3) is 0 Å². The molecule has 4 nitrogen and oxygen atoms in total. The van der Waals surface area contributed by atoms with Crippen molar-refractivity contribution in [3.8, 4) is 0 Å². The number of esters is 2. The van der Waals surface area contributed by atoms with Gasteiger partial charge in [-0.3, -0.25) is 9.59 Å². The molecule has 0 aromatic heterocycles. The zero-order valence-corrected chi connectivity index (χ0v) is 8.83. The SMILES string of the molecule is C[SiH2]C(=COC(C)=O)OC(C)=O. The monoisotopic (exact) mass is 188 g/mol. The van der Waals surface area contributed by atoms with Crippen LogP contribution in [0, 0.1) is 0 Å². The summed E-state index contributed by atoms with van der Waals surface area (Å²) < 4.78 is 9.31. The van der Waals surface area contributed by atoms with E-state index in [1.165, 1.54) is 20.1 Å². The van der Waals surface area contributed by atoms with E-state index in [1.54, 1.807) is 0 Å². The summed E-state index contributed by atoms with van der Waals surface area (Å²) in [5, 5.41) is 0.484. The molecule has 0 aromatic rings. The molecule has 0 fully saturated rings. The minimum Gasteiger partial charge on any atom is -0.434 e. The van der Waals surface area contributed by atoms with Crippen LogP contribution in [0.25, 0.3) is 0 Å². The Morgan fingerprint density at radius 1 is 1.25 bits per heavy atom. The highest BCUT2D eigenvalue weighted by molar-refractivity contribution is 6.42. The van der Waals surface area contributed by atoms with Crippen LogP contribution in [0.1, 0.15) is 13.8 Å². The molecule has 0 heterocycles. The maximum absolute atomic E-state index is 10.5. The normalized spacial score (nSPS) is 11.8. The van der Waals surface area contributed by atoms with Gasteiger partial charge in [0.2, 0.25) is 0 Å². The van der Waals surface area contributed by atoms with Gasteiger partial charge in [0, 0.05) is 13.8 Å². The van der Waals surface area contributed by atoms with E-state index in [-0.39, 0.29) is 5.97 Å². The first-order chi connectivity index (χ1) is 5.56. The summed E-state index contributed by atoms with van der Waals surface area (Å²) in [6.45, 7) is 4.53. The van der Waals surface area contributed by atoms with Crippen LogP contribution in [0.3, 0.4) is 0 Å². The minimum atomic E-state index is -0.617. The van der Waals surface area contributed by atoms with Crippen molar-refractivity contribution < 1.29 is 19.1 Å². The van der Waals surface area contributed by atoms with Crippen LogP contribution in [0.4, 0.5) is 0 Å². The number of carbonyl (C=O) groups is 2. The molecular weight excluding hydrogens is 176 g/mol. The highest BCUT2D eigenvalue weighted by atomic mass is 28.2. The number of carbonyl (C=O) groups excluding carboxylic acids is 2. The molecule has 0 spiro atoms. The number of hydrogen-bond donors (Lipinski definition) is 0. The van der Waals surface area contributed by atoms with Crippen molar-refractivity contribution in [3.63, 3.8) is 0 Å². The average Bonchev–Trinajstić information content (AvgIpc) is 1.97. The first-order valence-corrected chi connectivity index (χ1v) is 5.73. The minimum absolute atomic E-state index is 0.386. The second-order valence-corrected chi connectivity index (χ2v) is 3.54. The molecule has 0 bridgehead atoms. The van der Waals surface area contributed by atoms with Gasteiger partial charge in [-0.25, -0.2) is 0 Å². The Hall–Kier alpha value is -1.10. The zero-order chi connectivity index (χ0) is 9.56. The molecule has 0 amide bonds. The van der Waals surface area contributed by atoms with Crippen LogP contribution in [-0.4, -0.2) is 21.5 Å². The summed E-state index contributed by atoms with van der Waals surface area (Å²) >= 11 is 0. The van der Waals surface area contributed by atoms with Crippen molar-refractivity contribution >= 4 is 21.5 Å². The van der Waals surface area contributed by atoms with E-state index >= 15 is 0 Å². The van der Waals surface area contributed by atoms with Crippen molar-refractivity contribution in [2.45, 2.75) is 20.4 Å². The highest BCUT2D eigenvalue weighted by Gasteiger charge is 2.00. The topological polar surface area (TPSA) is 52.6 Å². The van der Waals surface area contributed by atoms with Crippen LogP contribution in [0.2, 0.25) is 6.55 Å². The quantitative estimate of drug-likeness (QED) is 0.359. The fourth-order valence-electron chi connectivity index (χ4n) is 0.513. The van der Waals surface area contributed by atoms with Gasteiger partial charge in [0.1, 0.15) is 21.2 Å². The second kappa shape index (κ2) is 5.53. The van der Waals surface area contributed by atoms with E-state index in [4.69, 9.17) is 4.74 Å². The van der Waals surface area contributed by atoms with Crippen LogP contribution in [0.5, 0.6) is 0 Å². The summed E-state index contributed by atoms with van der Waals surface area (Å²) in [6, 6.07) is 0. The molecule has 0 rings (SSSR count). The third kappa shape index (κ3) is 5.66. The smallest absolute Gasteiger partial charge is 0.307 e. The fourth-order valence-corrected chi connectivity index (χ4v) is 1.11. The van der Waals surface area contributed by atoms with E-state index < -0.39 is 15.5 Å². The summed E-state index contributed by atoms with van der Waals surface area (Å²) in [5.41, 5.74) is 0. The molecule has 0 saturated carbocycles. The lowest BCUT2D eigenvalue weighted by Crippen LogP contribution is -2.05. The molecule has 0 aromatic carbocycles. The Balaban J connectivity index is 4.04. The van der Waals surface area contributed by atoms with Gasteiger partial charge >= 0.3 is 11.9 Å². The Bertz CT molecular complexity index is 209. The van der Waals surface area contributed by atoms with Crippen LogP contribution in [-0.2, 0) is 19.1 Å². The summed E-state index contributed by atoms with van der Waals surface area (Å²) in [5.74, 6) is -0.801. The maximum atomic E-state index is 10.5. The molecule has 0 saturated heterocycles. The van der Waals surface area contributed by atoms with Crippen LogP contribution < -0.4 is 0 Å². The predicted octanol–water partition coefficient (Wildman–Crippen LogP) is 0.128. The zero-order valence-electron chi connectivity index (χ0n) is 7.42. The Morgan fingerprint density at radius 2 is 1.83 bits per heavy atom. The average molecular weight is 188 g/mol. The van der Waals surface area contributed by atoms with Gasteiger partial charge in [0.15, 0.2) is 0 Å². The lowest BCUT2D eigenvalue weighted by molar-refractivity contribution is -0.139. The van der Waals surface area contributed by atoms with Gasteiger partial charge in [-0.05, 0) is 0 Å². The summed E-state index contributed by atoms with van der Waals surface area (Å²) in [4.78, 5) is 20.8. The van der Waals surface area contributed by atoms with E-state index in [9.17, 15) is 9.59 Å². The van der Waals surface area contributed by atoms with Gasteiger partial charge < -0.3 is 9.47 Å². The largest absolute Gasteiger partial charge is 0.434 e. The summed E-state index contributed by atoms with van der Waals surface area (Å²) in [6.07, 6.45) is 1.20. The van der Waals surface area contributed by atoms with Crippen LogP contribution in [0.15, 0.2) is 11.6 Å². The lowest BCUT2D eigenvalue weighted by atomic mass is 10.8. The highest BCUT2D eigenvalue weighted by Crippen LogP contribution is 1.96. The molecule has 0 atom stereocenters. The van der Waals surface area contributed by atoms with Crippen LogP contribution >= 0.6 is 0 Å². The van der Waals surface area contributed by atoms with Gasteiger partial charge in [-0.15, -0.1) is 0 Å². The van der Waals surface area contributed by atoms with Crippen molar-refractivity contribution in [2.24, 2.45) is 0 Å². The second-order valence-electron chi connectivity index (χ2n) is 2.14. The fraction of sp³-hybridized carbons (Fsp3) is 0.429. The molecule has 0 aliphatic carbocycles. The molecule has 5 heteroatoms.